The normalized spacial score (nSPS) is 17.9. The Bertz CT molecular complexity index is 767. The van der Waals surface area contributed by atoms with Gasteiger partial charge in [-0.25, -0.2) is 18.6 Å². The van der Waals surface area contributed by atoms with Crippen molar-refractivity contribution in [2.75, 3.05) is 5.32 Å². The van der Waals surface area contributed by atoms with Crippen LogP contribution in [0.5, 0.6) is 0 Å². The van der Waals surface area contributed by atoms with E-state index in [9.17, 15) is 23.2 Å². The van der Waals surface area contributed by atoms with Gasteiger partial charge in [0.05, 0.1) is 0 Å². The highest BCUT2D eigenvalue weighted by Gasteiger charge is 2.40. The number of Topliss-reactive ketones (excluding diaryl/α,β-unsaturated/α-hetero) is 1. The Kier molecular flexibility index (Phi) is 6.92. The Morgan fingerprint density at radius 3 is 2.41 bits per heavy atom. The Labute approximate surface area is 168 Å². The van der Waals surface area contributed by atoms with Crippen molar-refractivity contribution < 1.29 is 27.9 Å². The SMILES string of the molecule is CC(=O)c1ccnc(NC(=O)[C@@H](NC(=O)OC(C)(C)C)C2CCC(F)(F)CC2)c1. The lowest BCUT2D eigenvalue weighted by Crippen LogP contribution is -2.51. The van der Waals surface area contributed by atoms with Gasteiger partial charge in [0.25, 0.3) is 0 Å². The molecular formula is C20H27F2N3O4. The van der Waals surface area contributed by atoms with Gasteiger partial charge in [-0.15, -0.1) is 0 Å². The lowest BCUT2D eigenvalue weighted by atomic mass is 9.81. The number of nitrogens with one attached hydrogen (secondary N) is 2. The first-order valence-electron chi connectivity index (χ1n) is 9.51. The van der Waals surface area contributed by atoms with E-state index in [0.717, 1.165) is 0 Å². The van der Waals surface area contributed by atoms with Crippen LogP contribution in [0.25, 0.3) is 0 Å². The fraction of sp³-hybridized carbons (Fsp3) is 0.600. The molecule has 1 heterocycles. The second kappa shape index (κ2) is 8.84. The van der Waals surface area contributed by atoms with Crippen molar-refractivity contribution in [3.05, 3.63) is 23.9 Å². The summed E-state index contributed by atoms with van der Waals surface area (Å²) < 4.78 is 32.3. The molecule has 1 aromatic rings. The third-order valence-corrected chi connectivity index (χ3v) is 4.61. The summed E-state index contributed by atoms with van der Waals surface area (Å²) in [6.07, 6.45) is 0.0405. The molecule has 0 aliphatic heterocycles. The molecule has 7 nitrogen and oxygen atoms in total. The summed E-state index contributed by atoms with van der Waals surface area (Å²) in [5.74, 6) is -3.89. The average molecular weight is 411 g/mol. The molecule has 0 unspecified atom stereocenters. The molecule has 2 amide bonds. The predicted molar refractivity (Wildman–Crippen MR) is 103 cm³/mol. The van der Waals surface area contributed by atoms with Crippen LogP contribution in [-0.4, -0.2) is 40.3 Å². The molecule has 0 aromatic carbocycles. The number of pyridine rings is 1. The van der Waals surface area contributed by atoms with Crippen LogP contribution in [0.2, 0.25) is 0 Å². The number of hydrogen-bond donors (Lipinski definition) is 2. The maximum atomic E-state index is 13.5. The minimum Gasteiger partial charge on any atom is -0.444 e. The van der Waals surface area contributed by atoms with E-state index in [2.05, 4.69) is 15.6 Å². The third-order valence-electron chi connectivity index (χ3n) is 4.61. The largest absolute Gasteiger partial charge is 0.444 e. The Balaban J connectivity index is 2.17. The molecule has 1 atom stereocenters. The number of ether oxygens (including phenoxy) is 1. The molecule has 1 saturated carbocycles. The molecule has 2 N–H and O–H groups in total. The average Bonchev–Trinajstić information content (AvgIpc) is 2.58. The van der Waals surface area contributed by atoms with Crippen molar-refractivity contribution in [1.29, 1.82) is 0 Å². The first-order valence-corrected chi connectivity index (χ1v) is 9.51. The number of rotatable bonds is 5. The van der Waals surface area contributed by atoms with Gasteiger partial charge in [0.15, 0.2) is 5.78 Å². The number of hydrogen-bond acceptors (Lipinski definition) is 5. The van der Waals surface area contributed by atoms with Crippen LogP contribution in [0.1, 0.15) is 63.7 Å². The predicted octanol–water partition coefficient (Wildman–Crippen LogP) is 3.94. The summed E-state index contributed by atoms with van der Waals surface area (Å²) in [5.41, 5.74) is -0.411. The van der Waals surface area contributed by atoms with Crippen LogP contribution in [0, 0.1) is 5.92 Å². The van der Waals surface area contributed by atoms with Crippen LogP contribution in [0.4, 0.5) is 19.4 Å². The summed E-state index contributed by atoms with van der Waals surface area (Å²) >= 11 is 0. The highest BCUT2D eigenvalue weighted by molar-refractivity contribution is 5.98. The first-order chi connectivity index (χ1) is 13.4. The van der Waals surface area contributed by atoms with Gasteiger partial charge in [-0.3, -0.25) is 9.59 Å². The molecule has 2 rings (SSSR count). The van der Waals surface area contributed by atoms with Gasteiger partial charge in [0.1, 0.15) is 17.5 Å². The van der Waals surface area contributed by atoms with E-state index >= 15 is 0 Å². The molecule has 1 fully saturated rings. The summed E-state index contributed by atoms with van der Waals surface area (Å²) in [5, 5.41) is 5.08. The topological polar surface area (TPSA) is 97.4 Å². The van der Waals surface area contributed by atoms with Crippen molar-refractivity contribution in [1.82, 2.24) is 10.3 Å². The Hall–Kier alpha value is -2.58. The van der Waals surface area contributed by atoms with E-state index in [1.54, 1.807) is 20.8 Å². The van der Waals surface area contributed by atoms with E-state index in [4.69, 9.17) is 4.74 Å². The maximum Gasteiger partial charge on any atom is 0.408 e. The lowest BCUT2D eigenvalue weighted by molar-refractivity contribution is -0.121. The van der Waals surface area contributed by atoms with E-state index < -0.39 is 35.5 Å². The minimum atomic E-state index is -2.76. The smallest absolute Gasteiger partial charge is 0.408 e. The molecule has 0 spiro atoms. The maximum absolute atomic E-state index is 13.5. The van der Waals surface area contributed by atoms with Gasteiger partial charge in [0.2, 0.25) is 11.8 Å². The summed E-state index contributed by atoms with van der Waals surface area (Å²) in [4.78, 5) is 40.6. The third kappa shape index (κ3) is 7.07. The quantitative estimate of drug-likeness (QED) is 0.715. The van der Waals surface area contributed by atoms with Crippen molar-refractivity contribution in [2.24, 2.45) is 5.92 Å². The number of amides is 2. The number of nitrogens with zero attached hydrogens (tertiary/aromatic N) is 1. The molecule has 29 heavy (non-hydrogen) atoms. The lowest BCUT2D eigenvalue weighted by Gasteiger charge is -2.33. The second-order valence-electron chi connectivity index (χ2n) is 8.29. The van der Waals surface area contributed by atoms with Gasteiger partial charge >= 0.3 is 6.09 Å². The number of anilines is 1. The molecule has 0 saturated heterocycles. The minimum absolute atomic E-state index is 0.0851. The van der Waals surface area contributed by atoms with Crippen LogP contribution in [0.15, 0.2) is 18.3 Å². The van der Waals surface area contributed by atoms with Gasteiger partial charge < -0.3 is 15.4 Å². The molecule has 1 aliphatic rings. The number of alkyl carbamates (subject to hydrolysis) is 1. The second-order valence-corrected chi connectivity index (χ2v) is 8.29. The molecular weight excluding hydrogens is 384 g/mol. The van der Waals surface area contributed by atoms with Crippen molar-refractivity contribution >= 4 is 23.6 Å². The van der Waals surface area contributed by atoms with Crippen molar-refractivity contribution in [2.45, 2.75) is 70.9 Å². The number of halogens is 2. The van der Waals surface area contributed by atoms with E-state index in [-0.39, 0.29) is 37.3 Å². The van der Waals surface area contributed by atoms with Crippen molar-refractivity contribution in [3.8, 4) is 0 Å². The van der Waals surface area contributed by atoms with E-state index in [1.807, 2.05) is 0 Å². The molecule has 160 valence electrons. The number of alkyl halides is 2. The molecule has 0 bridgehead atoms. The standard InChI is InChI=1S/C20H27F2N3O4/c1-12(26)14-7-10-23-15(11-14)24-17(27)16(25-18(28)29-19(2,3)4)13-5-8-20(21,22)9-6-13/h7,10-11,13,16H,5-6,8-9H2,1-4H3,(H,25,28)(H,23,24,27)/t16-/m0/s1. The number of carbonyl (C=O) groups is 3. The summed E-state index contributed by atoms with van der Waals surface area (Å²) in [6, 6.07) is 1.86. The van der Waals surface area contributed by atoms with Crippen molar-refractivity contribution in [3.63, 3.8) is 0 Å². The molecule has 9 heteroatoms. The van der Waals surface area contributed by atoms with Crippen LogP contribution in [-0.2, 0) is 9.53 Å². The zero-order valence-electron chi connectivity index (χ0n) is 17.1. The van der Waals surface area contributed by atoms with Gasteiger partial charge in [0, 0.05) is 24.6 Å². The number of carbonyl (C=O) groups excluding carboxylic acids is 3. The Morgan fingerprint density at radius 2 is 1.86 bits per heavy atom. The van der Waals surface area contributed by atoms with Gasteiger partial charge in [-0.2, -0.15) is 0 Å². The van der Waals surface area contributed by atoms with Gasteiger partial charge in [-0.05, 0) is 58.6 Å². The number of ketones is 1. The van der Waals surface area contributed by atoms with Crippen LogP contribution >= 0.6 is 0 Å². The zero-order chi connectivity index (χ0) is 21.8. The fourth-order valence-electron chi connectivity index (χ4n) is 3.15. The first kappa shape index (κ1) is 22.7. The van der Waals surface area contributed by atoms with E-state index in [1.165, 1.54) is 25.3 Å². The fourth-order valence-corrected chi connectivity index (χ4v) is 3.15. The zero-order valence-corrected chi connectivity index (χ0v) is 17.1. The summed E-state index contributed by atoms with van der Waals surface area (Å²) in [7, 11) is 0. The molecule has 1 aromatic heterocycles. The molecule has 0 radical (unpaired) electrons. The number of aromatic nitrogens is 1. The monoisotopic (exact) mass is 411 g/mol. The Morgan fingerprint density at radius 1 is 1.24 bits per heavy atom. The summed E-state index contributed by atoms with van der Waals surface area (Å²) in [6.45, 7) is 6.43. The van der Waals surface area contributed by atoms with Crippen LogP contribution in [0.3, 0.4) is 0 Å². The van der Waals surface area contributed by atoms with Gasteiger partial charge in [-0.1, -0.05) is 0 Å². The highest BCUT2D eigenvalue weighted by atomic mass is 19.3. The molecule has 1 aliphatic carbocycles. The van der Waals surface area contributed by atoms with Crippen LogP contribution < -0.4 is 10.6 Å². The van der Waals surface area contributed by atoms with E-state index in [0.29, 0.717) is 5.56 Å². The highest BCUT2D eigenvalue weighted by Crippen LogP contribution is 2.37.